The van der Waals surface area contributed by atoms with E-state index in [0.29, 0.717) is 35.2 Å². The third kappa shape index (κ3) is 5.01. The first-order valence-corrected chi connectivity index (χ1v) is 9.12. The summed E-state index contributed by atoms with van der Waals surface area (Å²) in [5.41, 5.74) is 1.20. The second-order valence-corrected chi connectivity index (χ2v) is 6.60. The van der Waals surface area contributed by atoms with Crippen LogP contribution >= 0.6 is 11.3 Å². The van der Waals surface area contributed by atoms with Gasteiger partial charge in [-0.15, -0.1) is 11.3 Å². The number of guanidine groups is 1. The van der Waals surface area contributed by atoms with Crippen LogP contribution < -0.4 is 10.6 Å². The van der Waals surface area contributed by atoms with E-state index in [2.05, 4.69) is 20.6 Å². The monoisotopic (exact) mass is 378 g/mol. The van der Waals surface area contributed by atoms with Crippen LogP contribution in [0.4, 0.5) is 4.39 Å². The average molecular weight is 378 g/mol. The molecular formula is C18H23FN4O2S. The van der Waals surface area contributed by atoms with Gasteiger partial charge < -0.3 is 15.4 Å². The molecule has 2 N–H and O–H groups in total. The van der Waals surface area contributed by atoms with Gasteiger partial charge >= 0.3 is 5.97 Å². The number of nitrogens with one attached hydrogen (secondary N) is 2. The zero-order valence-corrected chi connectivity index (χ0v) is 16.1. The summed E-state index contributed by atoms with van der Waals surface area (Å²) in [7, 11) is 1.64. The fourth-order valence-electron chi connectivity index (χ4n) is 2.27. The number of benzene rings is 1. The van der Waals surface area contributed by atoms with Gasteiger partial charge in [0.15, 0.2) is 5.96 Å². The van der Waals surface area contributed by atoms with Gasteiger partial charge in [0.05, 0.1) is 18.3 Å². The van der Waals surface area contributed by atoms with Gasteiger partial charge in [-0.05, 0) is 26.8 Å². The lowest BCUT2D eigenvalue weighted by molar-refractivity contribution is 0.0531. The van der Waals surface area contributed by atoms with Crippen molar-refractivity contribution in [3.63, 3.8) is 0 Å². The summed E-state index contributed by atoms with van der Waals surface area (Å²) in [5, 5.41) is 7.02. The van der Waals surface area contributed by atoms with Gasteiger partial charge in [-0.25, -0.2) is 14.2 Å². The molecule has 0 amide bonds. The quantitative estimate of drug-likeness (QED) is 0.459. The molecule has 1 aromatic carbocycles. The number of rotatable bonds is 6. The van der Waals surface area contributed by atoms with E-state index in [1.165, 1.54) is 17.4 Å². The Kier molecular flexibility index (Phi) is 7.08. The fourth-order valence-corrected chi connectivity index (χ4v) is 3.23. The highest BCUT2D eigenvalue weighted by Gasteiger charge is 2.20. The van der Waals surface area contributed by atoms with E-state index >= 15 is 0 Å². The molecule has 0 radical (unpaired) electrons. The summed E-state index contributed by atoms with van der Waals surface area (Å²) >= 11 is 1.29. The third-order valence-electron chi connectivity index (χ3n) is 3.63. The molecule has 2 rings (SSSR count). The van der Waals surface area contributed by atoms with Crippen LogP contribution in [-0.4, -0.2) is 30.6 Å². The maximum absolute atomic E-state index is 13.7. The highest BCUT2D eigenvalue weighted by Crippen LogP contribution is 2.24. The number of hydrogen-bond acceptors (Lipinski definition) is 5. The highest BCUT2D eigenvalue weighted by atomic mass is 32.1. The number of thiazole rings is 1. The van der Waals surface area contributed by atoms with Crippen molar-refractivity contribution in [2.24, 2.45) is 4.99 Å². The molecule has 1 heterocycles. The van der Waals surface area contributed by atoms with E-state index in [4.69, 9.17) is 4.74 Å². The number of hydrogen-bond donors (Lipinski definition) is 2. The Hall–Kier alpha value is -2.48. The SMILES string of the molecule is CCOC(=O)c1sc(C(C)NC(=NC)NCc2ccccc2F)nc1C. The number of esters is 1. The van der Waals surface area contributed by atoms with Gasteiger partial charge in [-0.1, -0.05) is 18.2 Å². The maximum Gasteiger partial charge on any atom is 0.350 e. The largest absolute Gasteiger partial charge is 0.462 e. The van der Waals surface area contributed by atoms with Crippen LogP contribution in [-0.2, 0) is 11.3 Å². The zero-order chi connectivity index (χ0) is 19.1. The maximum atomic E-state index is 13.7. The van der Waals surface area contributed by atoms with Crippen molar-refractivity contribution in [3.8, 4) is 0 Å². The lowest BCUT2D eigenvalue weighted by atomic mass is 10.2. The number of nitrogens with zero attached hydrogens (tertiary/aromatic N) is 2. The lowest BCUT2D eigenvalue weighted by Crippen LogP contribution is -2.38. The Morgan fingerprint density at radius 3 is 2.81 bits per heavy atom. The van der Waals surface area contributed by atoms with E-state index in [9.17, 15) is 9.18 Å². The van der Waals surface area contributed by atoms with Crippen molar-refractivity contribution in [2.45, 2.75) is 33.4 Å². The number of aromatic nitrogens is 1. The van der Waals surface area contributed by atoms with Crippen LogP contribution in [0.15, 0.2) is 29.3 Å². The molecule has 2 aromatic rings. The Balaban J connectivity index is 2.01. The van der Waals surface area contributed by atoms with Crippen molar-refractivity contribution >= 4 is 23.3 Å². The van der Waals surface area contributed by atoms with E-state index in [1.807, 2.05) is 6.92 Å². The smallest absolute Gasteiger partial charge is 0.350 e. The normalized spacial score (nSPS) is 12.6. The third-order valence-corrected chi connectivity index (χ3v) is 4.95. The summed E-state index contributed by atoms with van der Waals surface area (Å²) in [4.78, 5) is 21.0. The molecule has 0 bridgehead atoms. The molecule has 0 fully saturated rings. The summed E-state index contributed by atoms with van der Waals surface area (Å²) in [6.07, 6.45) is 0. The topological polar surface area (TPSA) is 75.6 Å². The van der Waals surface area contributed by atoms with E-state index in [0.717, 1.165) is 5.01 Å². The second-order valence-electron chi connectivity index (χ2n) is 5.57. The van der Waals surface area contributed by atoms with Crippen LogP contribution in [0.2, 0.25) is 0 Å². The number of aliphatic imine (C=N–C) groups is 1. The summed E-state index contributed by atoms with van der Waals surface area (Å²) in [6, 6.07) is 6.40. The van der Waals surface area contributed by atoms with Crippen LogP contribution in [0.5, 0.6) is 0 Å². The minimum absolute atomic E-state index is 0.173. The minimum atomic E-state index is -0.358. The molecule has 1 atom stereocenters. The minimum Gasteiger partial charge on any atom is -0.462 e. The van der Waals surface area contributed by atoms with Gasteiger partial charge in [0.25, 0.3) is 0 Å². The van der Waals surface area contributed by atoms with Crippen molar-refractivity contribution in [1.29, 1.82) is 0 Å². The summed E-state index contributed by atoms with van der Waals surface area (Å²) in [5.74, 6) is -0.104. The number of ether oxygens (including phenoxy) is 1. The molecule has 140 valence electrons. The molecule has 0 aliphatic rings. The van der Waals surface area contributed by atoms with Gasteiger partial charge in [0, 0.05) is 19.2 Å². The molecule has 8 heteroatoms. The molecule has 26 heavy (non-hydrogen) atoms. The molecule has 0 aliphatic heterocycles. The first-order valence-electron chi connectivity index (χ1n) is 8.31. The van der Waals surface area contributed by atoms with E-state index in [1.54, 1.807) is 39.1 Å². The van der Waals surface area contributed by atoms with Gasteiger partial charge in [-0.3, -0.25) is 4.99 Å². The Morgan fingerprint density at radius 1 is 1.42 bits per heavy atom. The molecular weight excluding hydrogens is 355 g/mol. The molecule has 0 aliphatic carbocycles. The number of carbonyl (C=O) groups excluding carboxylic acids is 1. The lowest BCUT2D eigenvalue weighted by Gasteiger charge is -2.16. The highest BCUT2D eigenvalue weighted by molar-refractivity contribution is 7.13. The predicted octanol–water partition coefficient (Wildman–Crippen LogP) is 3.19. The van der Waals surface area contributed by atoms with Crippen LogP contribution in [0.25, 0.3) is 0 Å². The molecule has 1 aromatic heterocycles. The molecule has 1 unspecified atom stereocenters. The fraction of sp³-hybridized carbons (Fsp3) is 0.389. The van der Waals surface area contributed by atoms with Gasteiger partial charge in [0.2, 0.25) is 0 Å². The molecule has 0 saturated heterocycles. The van der Waals surface area contributed by atoms with E-state index in [-0.39, 0.29) is 17.8 Å². The summed E-state index contributed by atoms with van der Waals surface area (Å²) < 4.78 is 18.7. The summed E-state index contributed by atoms with van der Waals surface area (Å²) in [6.45, 7) is 6.11. The zero-order valence-electron chi connectivity index (χ0n) is 15.3. The molecule has 0 saturated carbocycles. The molecule has 6 nitrogen and oxygen atoms in total. The van der Waals surface area contributed by atoms with Crippen LogP contribution in [0.1, 0.15) is 45.8 Å². The predicted molar refractivity (Wildman–Crippen MR) is 101 cm³/mol. The van der Waals surface area contributed by atoms with Crippen molar-refractivity contribution in [3.05, 3.63) is 51.2 Å². The number of aryl methyl sites for hydroxylation is 1. The Labute approximate surface area is 156 Å². The number of halogens is 1. The van der Waals surface area contributed by atoms with Crippen LogP contribution in [0.3, 0.4) is 0 Å². The van der Waals surface area contributed by atoms with Crippen molar-refractivity contribution in [2.75, 3.05) is 13.7 Å². The first kappa shape index (κ1) is 19.8. The molecule has 0 spiro atoms. The number of carbonyl (C=O) groups is 1. The van der Waals surface area contributed by atoms with Crippen molar-refractivity contribution in [1.82, 2.24) is 15.6 Å². The van der Waals surface area contributed by atoms with Gasteiger partial charge in [0.1, 0.15) is 15.7 Å². The standard InChI is InChI=1S/C18H23FN4O2S/c1-5-25-17(24)15-11(2)22-16(26-15)12(3)23-18(20-4)21-10-13-8-6-7-9-14(13)19/h6-9,12H,5,10H2,1-4H3,(H2,20,21,23). The van der Waals surface area contributed by atoms with Crippen molar-refractivity contribution < 1.29 is 13.9 Å². The van der Waals surface area contributed by atoms with Gasteiger partial charge in [-0.2, -0.15) is 0 Å². The Bertz CT molecular complexity index is 791. The Morgan fingerprint density at radius 2 is 2.15 bits per heavy atom. The van der Waals surface area contributed by atoms with E-state index < -0.39 is 0 Å². The second kappa shape index (κ2) is 9.28. The first-order chi connectivity index (χ1) is 12.5. The van der Waals surface area contributed by atoms with Crippen LogP contribution in [0, 0.1) is 12.7 Å². The average Bonchev–Trinajstić information content (AvgIpc) is 3.02.